The summed E-state index contributed by atoms with van der Waals surface area (Å²) in [6, 6.07) is 6.53. The van der Waals surface area contributed by atoms with Crippen LogP contribution in [0.25, 0.3) is 11.1 Å². The van der Waals surface area contributed by atoms with Crippen LogP contribution in [-0.2, 0) is 16.0 Å². The number of aryl methyl sites for hydroxylation is 1. The van der Waals surface area contributed by atoms with Gasteiger partial charge in [-0.2, -0.15) is 0 Å². The van der Waals surface area contributed by atoms with Crippen LogP contribution in [0.15, 0.2) is 29.1 Å². The molecule has 12 heteroatoms. The molecule has 0 spiro atoms. The molecule has 218 valence electrons. The number of methoxy groups -OCH3 is 2. The highest BCUT2D eigenvalue weighted by Crippen LogP contribution is 2.50. The van der Waals surface area contributed by atoms with Crippen LogP contribution in [0.5, 0.6) is 17.2 Å². The highest BCUT2D eigenvalue weighted by atomic mass is 31.1. The first-order valence-electron chi connectivity index (χ1n) is 12.9. The first-order chi connectivity index (χ1) is 19.0. The van der Waals surface area contributed by atoms with Crippen molar-refractivity contribution in [2.24, 2.45) is 0 Å². The largest absolute Gasteiger partial charge is 0.492 e. The number of carbonyl (C=O) groups is 1. The number of aliphatic hydroxyl groups excluding tert-OH is 4. The van der Waals surface area contributed by atoms with Gasteiger partial charge in [-0.3, -0.25) is 9.59 Å². The van der Waals surface area contributed by atoms with E-state index in [0.29, 0.717) is 40.6 Å². The highest BCUT2D eigenvalue weighted by molar-refractivity contribution is 7.64. The highest BCUT2D eigenvalue weighted by Gasteiger charge is 2.45. The fourth-order valence-electron chi connectivity index (χ4n) is 5.29. The number of ether oxygens (including phenoxy) is 4. The maximum absolute atomic E-state index is 13.2. The molecule has 2 aliphatic rings. The molecule has 5 N–H and O–H groups in total. The van der Waals surface area contributed by atoms with Gasteiger partial charge >= 0.3 is 0 Å². The second kappa shape index (κ2) is 12.4. The average Bonchev–Trinajstić information content (AvgIpc) is 3.16. The van der Waals surface area contributed by atoms with Gasteiger partial charge in [-0.25, -0.2) is 0 Å². The third-order valence-corrected chi connectivity index (χ3v) is 8.58. The van der Waals surface area contributed by atoms with Gasteiger partial charge in [0.15, 0.2) is 16.9 Å². The number of amides is 1. The van der Waals surface area contributed by atoms with E-state index in [9.17, 15) is 30.0 Å². The van der Waals surface area contributed by atoms with Crippen LogP contribution in [0, 0.1) is 0 Å². The predicted octanol–water partition coefficient (Wildman–Crippen LogP) is 0.400. The Balaban J connectivity index is 1.91. The number of hydrogen-bond donors (Lipinski definition) is 5. The first kappa shape index (κ1) is 30.2. The molecule has 1 amide bonds. The van der Waals surface area contributed by atoms with E-state index in [1.54, 1.807) is 12.1 Å². The number of fused-ring (bicyclic) bond motifs is 3. The third-order valence-electron chi connectivity index (χ3n) is 7.25. The monoisotopic (exact) mass is 577 g/mol. The van der Waals surface area contributed by atoms with E-state index < -0.39 is 51.3 Å². The molecule has 1 saturated heterocycles. The summed E-state index contributed by atoms with van der Waals surface area (Å²) in [5, 5.41) is 44.2. The van der Waals surface area contributed by atoms with Crippen molar-refractivity contribution in [1.29, 1.82) is 0 Å². The van der Waals surface area contributed by atoms with Crippen LogP contribution >= 0.6 is 7.92 Å². The fourth-order valence-corrected chi connectivity index (χ4v) is 6.17. The lowest BCUT2D eigenvalue weighted by atomic mass is 9.95. The lowest BCUT2D eigenvalue weighted by molar-refractivity contribution is -0.277. The first-order valence-corrected chi connectivity index (χ1v) is 15.1. The van der Waals surface area contributed by atoms with Crippen molar-refractivity contribution in [2.45, 2.75) is 56.5 Å². The quantitative estimate of drug-likeness (QED) is 0.291. The zero-order valence-corrected chi connectivity index (χ0v) is 24.0. The Labute approximate surface area is 233 Å². The minimum absolute atomic E-state index is 0.107. The molecule has 2 aromatic carbocycles. The van der Waals surface area contributed by atoms with Gasteiger partial charge in [0.2, 0.25) is 17.9 Å². The number of carbonyl (C=O) groups excluding carboxylic acids is 1. The number of hydrogen-bond acceptors (Lipinski definition) is 10. The Morgan fingerprint density at radius 1 is 1.07 bits per heavy atom. The van der Waals surface area contributed by atoms with E-state index in [-0.39, 0.29) is 22.8 Å². The predicted molar refractivity (Wildman–Crippen MR) is 149 cm³/mol. The van der Waals surface area contributed by atoms with Crippen LogP contribution in [0.4, 0.5) is 0 Å². The third kappa shape index (κ3) is 5.68. The maximum Gasteiger partial charge on any atom is 0.229 e. The summed E-state index contributed by atoms with van der Waals surface area (Å²) in [6.07, 6.45) is -6.43. The van der Waals surface area contributed by atoms with Gasteiger partial charge in [-0.05, 0) is 55.0 Å². The number of rotatable bonds is 7. The van der Waals surface area contributed by atoms with E-state index in [1.165, 1.54) is 21.1 Å². The second-order valence-electron chi connectivity index (χ2n) is 10.1. The molecule has 0 radical (unpaired) electrons. The molecule has 40 heavy (non-hydrogen) atoms. The minimum atomic E-state index is -1.62. The van der Waals surface area contributed by atoms with Crippen LogP contribution in [-0.4, -0.2) is 91.2 Å². The summed E-state index contributed by atoms with van der Waals surface area (Å²) in [4.78, 5) is 25.3. The standard InChI is InChI=1S/C28H36NO10P/c1-13(31)29-17-8-6-14-10-19(38-28-25(35)24(34)23(33)20(12-30)39-28)26(36-2)27(37-3)22(14)15-7-9-21(40(4)5)18(32)11-16(15)17/h7,9-11,17,20,23-25,28,30,33-35H,6,8,12H2,1-5H3,(H,29,31)/t17?,20-,23-,24+,25-,28-/m1/s1. The minimum Gasteiger partial charge on any atom is -0.492 e. The van der Waals surface area contributed by atoms with E-state index in [0.717, 1.165) is 5.56 Å². The number of aliphatic hydroxyl groups is 4. The van der Waals surface area contributed by atoms with Gasteiger partial charge in [0.25, 0.3) is 0 Å². The summed E-state index contributed by atoms with van der Waals surface area (Å²) in [6.45, 7) is 4.83. The van der Waals surface area contributed by atoms with E-state index in [2.05, 4.69) is 5.32 Å². The van der Waals surface area contributed by atoms with Gasteiger partial charge in [0.05, 0.1) is 26.9 Å². The van der Waals surface area contributed by atoms with Gasteiger partial charge in [0, 0.05) is 17.8 Å². The fraction of sp³-hybridized carbons (Fsp3) is 0.500. The summed E-state index contributed by atoms with van der Waals surface area (Å²) in [7, 11) is 2.19. The number of benzene rings is 1. The smallest absolute Gasteiger partial charge is 0.229 e. The molecule has 0 bridgehead atoms. The van der Waals surface area contributed by atoms with E-state index in [4.69, 9.17) is 18.9 Å². The Hall–Kier alpha value is -2.79. The van der Waals surface area contributed by atoms with Crippen molar-refractivity contribution in [3.8, 4) is 28.4 Å². The van der Waals surface area contributed by atoms with Crippen LogP contribution in [0.1, 0.15) is 30.5 Å². The molecule has 1 fully saturated rings. The summed E-state index contributed by atoms with van der Waals surface area (Å²) < 4.78 is 23.1. The molecule has 1 unspecified atom stereocenters. The molecule has 1 aliphatic heterocycles. The van der Waals surface area contributed by atoms with Crippen LogP contribution < -0.4 is 30.3 Å². The van der Waals surface area contributed by atoms with Crippen molar-refractivity contribution in [1.82, 2.24) is 5.32 Å². The molecule has 4 rings (SSSR count). The van der Waals surface area contributed by atoms with Crippen molar-refractivity contribution in [3.63, 3.8) is 0 Å². The maximum atomic E-state index is 13.2. The van der Waals surface area contributed by atoms with E-state index >= 15 is 0 Å². The molecular formula is C28H36NO10P. The SMILES string of the molecule is COc1c(O[C@@H]2O[C@H](CO)[C@@H](O)[C@H](O)[C@H]2O)cc2c(c1OC)-c1ccc(P(C)C)c(=O)cc1C(NC(C)=O)CC2. The Bertz CT molecular complexity index is 1320. The lowest BCUT2D eigenvalue weighted by Gasteiger charge is -2.39. The van der Waals surface area contributed by atoms with Crippen molar-refractivity contribution >= 4 is 19.1 Å². The zero-order chi connectivity index (χ0) is 29.3. The molecular weight excluding hydrogens is 541 g/mol. The van der Waals surface area contributed by atoms with Crippen molar-refractivity contribution in [2.75, 3.05) is 34.2 Å². The van der Waals surface area contributed by atoms with Gasteiger partial charge in [0.1, 0.15) is 24.4 Å². The molecule has 0 aromatic heterocycles. The number of nitrogens with one attached hydrogen (secondary N) is 1. The Kier molecular flexibility index (Phi) is 9.34. The van der Waals surface area contributed by atoms with Crippen molar-refractivity contribution in [3.05, 3.63) is 45.6 Å². The van der Waals surface area contributed by atoms with E-state index in [1.807, 2.05) is 25.5 Å². The molecule has 0 saturated carbocycles. The van der Waals surface area contributed by atoms with Crippen LogP contribution in [0.2, 0.25) is 0 Å². The average molecular weight is 578 g/mol. The normalized spacial score (nSPS) is 25.9. The second-order valence-corrected chi connectivity index (χ2v) is 12.3. The summed E-state index contributed by atoms with van der Waals surface area (Å²) >= 11 is 0. The van der Waals surface area contributed by atoms with Crippen molar-refractivity contribution < 1.29 is 44.2 Å². The topological polar surface area (TPSA) is 164 Å². The zero-order valence-electron chi connectivity index (χ0n) is 23.1. The van der Waals surface area contributed by atoms with Gasteiger partial charge in [-0.15, -0.1) is 0 Å². The Morgan fingerprint density at radius 3 is 2.38 bits per heavy atom. The molecule has 6 atom stereocenters. The summed E-state index contributed by atoms with van der Waals surface area (Å²) in [5.41, 5.74) is 2.68. The molecule has 1 aliphatic carbocycles. The van der Waals surface area contributed by atoms with Gasteiger partial charge in [-0.1, -0.05) is 20.1 Å². The van der Waals surface area contributed by atoms with Gasteiger partial charge < -0.3 is 44.7 Å². The molecule has 11 nitrogen and oxygen atoms in total. The molecule has 2 aromatic rings. The lowest BCUT2D eigenvalue weighted by Crippen LogP contribution is -2.60. The van der Waals surface area contributed by atoms with Crippen LogP contribution in [0.3, 0.4) is 0 Å². The summed E-state index contributed by atoms with van der Waals surface area (Å²) in [5.74, 6) is 0.382. The Morgan fingerprint density at radius 2 is 1.77 bits per heavy atom. The molecule has 1 heterocycles.